The van der Waals surface area contributed by atoms with E-state index < -0.39 is 41.8 Å². The van der Waals surface area contributed by atoms with Gasteiger partial charge in [0.2, 0.25) is 6.61 Å². The number of carboxylic acids is 2. The molecule has 30 heavy (non-hydrogen) atoms. The minimum absolute atomic E-state index is 0.00880. The molecule has 160 valence electrons. The molecule has 2 atom stereocenters. The minimum atomic E-state index is -1.30. The van der Waals surface area contributed by atoms with Gasteiger partial charge in [0, 0.05) is 17.7 Å². The number of oxime groups is 1. The highest BCUT2D eigenvalue weighted by Gasteiger charge is 2.54. The van der Waals surface area contributed by atoms with Crippen molar-refractivity contribution in [3.63, 3.8) is 0 Å². The van der Waals surface area contributed by atoms with E-state index >= 15 is 0 Å². The monoisotopic (exact) mass is 456 g/mol. The fourth-order valence-corrected chi connectivity index (χ4v) is 4.71. The Bertz CT molecular complexity index is 974. The summed E-state index contributed by atoms with van der Waals surface area (Å²) >= 11 is 2.29. The maximum absolute atomic E-state index is 12.7. The van der Waals surface area contributed by atoms with E-state index in [1.807, 2.05) is 0 Å². The van der Waals surface area contributed by atoms with E-state index in [0.29, 0.717) is 11.3 Å². The first-order valence-electron chi connectivity index (χ1n) is 8.28. The number of β-lactam (4-membered cyclic amide) rings is 1. The molecule has 1 saturated heterocycles. The van der Waals surface area contributed by atoms with Crippen molar-refractivity contribution in [1.29, 1.82) is 0 Å². The van der Waals surface area contributed by atoms with Gasteiger partial charge in [-0.15, -0.1) is 23.1 Å². The zero-order valence-electron chi connectivity index (χ0n) is 15.1. The highest BCUT2D eigenvalue weighted by atomic mass is 32.2. The lowest BCUT2D eigenvalue weighted by atomic mass is 10.0. The molecular formula is C15H16N6O7S2. The van der Waals surface area contributed by atoms with Crippen molar-refractivity contribution in [3.8, 4) is 0 Å². The predicted octanol–water partition coefficient (Wildman–Crippen LogP) is -1.77. The molecular weight excluding hydrogens is 440 g/mol. The molecule has 1 unspecified atom stereocenters. The van der Waals surface area contributed by atoms with Gasteiger partial charge in [-0.25, -0.2) is 14.6 Å². The highest BCUT2D eigenvalue weighted by Crippen LogP contribution is 2.40. The molecule has 1 aromatic rings. The van der Waals surface area contributed by atoms with Crippen LogP contribution in [0, 0.1) is 0 Å². The summed E-state index contributed by atoms with van der Waals surface area (Å²) in [7, 11) is 0. The number of hydrogen-bond donors (Lipinski definition) is 5. The average Bonchev–Trinajstić information content (AvgIpc) is 3.13. The van der Waals surface area contributed by atoms with Gasteiger partial charge in [0.25, 0.3) is 11.8 Å². The number of anilines is 1. The van der Waals surface area contributed by atoms with Gasteiger partial charge in [-0.05, 0) is 5.57 Å². The number of amides is 2. The van der Waals surface area contributed by atoms with Gasteiger partial charge >= 0.3 is 11.9 Å². The van der Waals surface area contributed by atoms with E-state index in [4.69, 9.17) is 16.6 Å². The molecule has 15 heteroatoms. The second kappa shape index (κ2) is 8.68. The third-order valence-electron chi connectivity index (χ3n) is 4.11. The van der Waals surface area contributed by atoms with Crippen molar-refractivity contribution in [1.82, 2.24) is 15.2 Å². The van der Waals surface area contributed by atoms with E-state index in [-0.39, 0.29) is 28.8 Å². The second-order valence-electron chi connectivity index (χ2n) is 6.00. The smallest absolute Gasteiger partial charge is 0.352 e. The topological polar surface area (TPSA) is 211 Å². The Balaban J connectivity index is 1.79. The number of carbonyl (C=O) groups is 4. The van der Waals surface area contributed by atoms with Gasteiger partial charge in [0.1, 0.15) is 22.8 Å². The quantitative estimate of drug-likeness (QED) is 0.168. The molecule has 3 heterocycles. The molecule has 2 amide bonds. The summed E-state index contributed by atoms with van der Waals surface area (Å²) in [6.07, 6.45) is 0. The molecule has 2 aliphatic rings. The number of nitrogens with two attached hydrogens (primary N) is 2. The summed E-state index contributed by atoms with van der Waals surface area (Å²) in [6.45, 7) is -0.801. The summed E-state index contributed by atoms with van der Waals surface area (Å²) in [5.41, 5.74) is 11.0. The summed E-state index contributed by atoms with van der Waals surface area (Å²) in [6, 6.07) is -1.02. The van der Waals surface area contributed by atoms with Crippen molar-refractivity contribution in [2.75, 3.05) is 24.6 Å². The van der Waals surface area contributed by atoms with Crippen molar-refractivity contribution < 1.29 is 34.2 Å². The van der Waals surface area contributed by atoms with Gasteiger partial charge in [0.05, 0.1) is 0 Å². The van der Waals surface area contributed by atoms with Gasteiger partial charge in [0.15, 0.2) is 10.8 Å². The van der Waals surface area contributed by atoms with Gasteiger partial charge < -0.3 is 31.8 Å². The van der Waals surface area contributed by atoms with Crippen LogP contribution in [0.25, 0.3) is 0 Å². The maximum Gasteiger partial charge on any atom is 0.352 e. The number of carbonyl (C=O) groups excluding carboxylic acids is 2. The number of carboxylic acid groups (broad SMARTS) is 2. The fourth-order valence-electron chi connectivity index (χ4n) is 2.80. The van der Waals surface area contributed by atoms with Crippen molar-refractivity contribution in [3.05, 3.63) is 22.3 Å². The molecule has 7 N–H and O–H groups in total. The van der Waals surface area contributed by atoms with E-state index in [2.05, 4.69) is 20.3 Å². The molecule has 2 aliphatic heterocycles. The molecule has 1 fully saturated rings. The lowest BCUT2D eigenvalue weighted by molar-refractivity contribution is -0.150. The van der Waals surface area contributed by atoms with Crippen molar-refractivity contribution in [2.24, 2.45) is 10.9 Å². The summed E-state index contributed by atoms with van der Waals surface area (Å²) in [5, 5.41) is 25.0. The van der Waals surface area contributed by atoms with Crippen LogP contribution in [0.15, 0.2) is 21.8 Å². The second-order valence-corrected chi connectivity index (χ2v) is 8.00. The molecule has 0 bridgehead atoms. The Hall–Kier alpha value is -3.17. The maximum atomic E-state index is 12.7. The zero-order chi connectivity index (χ0) is 22.0. The number of aliphatic carboxylic acids is 2. The predicted molar refractivity (Wildman–Crippen MR) is 105 cm³/mol. The third-order valence-corrected chi connectivity index (χ3v) is 6.12. The number of thioether (sulfide) groups is 1. The van der Waals surface area contributed by atoms with Crippen LogP contribution in [0.3, 0.4) is 0 Å². The number of thiazole rings is 1. The van der Waals surface area contributed by atoms with E-state index in [1.54, 1.807) is 0 Å². The summed E-state index contributed by atoms with van der Waals surface area (Å²) in [4.78, 5) is 57.1. The number of aromatic nitrogens is 1. The normalized spacial score (nSPS) is 21.0. The van der Waals surface area contributed by atoms with E-state index in [0.717, 1.165) is 16.2 Å². The molecule has 0 aromatic carbocycles. The van der Waals surface area contributed by atoms with Crippen molar-refractivity contribution in [2.45, 2.75) is 11.4 Å². The number of nitrogens with one attached hydrogen (secondary N) is 1. The van der Waals surface area contributed by atoms with Crippen LogP contribution < -0.4 is 16.8 Å². The molecule has 0 saturated carbocycles. The first-order valence-corrected chi connectivity index (χ1v) is 10.2. The lowest BCUT2D eigenvalue weighted by Crippen LogP contribution is -2.71. The Morgan fingerprint density at radius 1 is 1.40 bits per heavy atom. The van der Waals surface area contributed by atoms with Crippen LogP contribution in [-0.2, 0) is 24.0 Å². The van der Waals surface area contributed by atoms with Crippen molar-refractivity contribution >= 4 is 57.7 Å². The molecule has 0 radical (unpaired) electrons. The first-order chi connectivity index (χ1) is 14.2. The largest absolute Gasteiger partial charge is 0.479 e. The first kappa shape index (κ1) is 21.5. The Morgan fingerprint density at radius 3 is 2.70 bits per heavy atom. The standard InChI is InChI=1S/C15H16N6O7S2/c16-1-5-3-29-13-9(12(25)21(13)10(5)14(26)27)19-11(24)8(20-28-2-7(22)23)6-4-30-15(17)18-6/h4,9,13H,1-3,16H2,(H2,17,18)(H,19,24)(H,22,23)(H,26,27)/b20-8-/t9?,13-/m1/s1. The van der Waals surface area contributed by atoms with Gasteiger partial charge in [-0.2, -0.15) is 0 Å². The van der Waals surface area contributed by atoms with Crippen LogP contribution in [0.2, 0.25) is 0 Å². The molecule has 3 rings (SSSR count). The molecule has 1 aromatic heterocycles. The van der Waals surface area contributed by atoms with Gasteiger partial charge in [-0.3, -0.25) is 14.5 Å². The average molecular weight is 456 g/mol. The number of rotatable bonds is 8. The Labute approximate surface area is 176 Å². The summed E-state index contributed by atoms with van der Waals surface area (Å²) < 4.78 is 0. The zero-order valence-corrected chi connectivity index (χ0v) is 16.7. The number of hydrogen-bond acceptors (Lipinski definition) is 11. The molecule has 0 spiro atoms. The third kappa shape index (κ3) is 4.07. The Morgan fingerprint density at radius 2 is 2.13 bits per heavy atom. The van der Waals surface area contributed by atoms with E-state index in [1.165, 1.54) is 17.1 Å². The lowest BCUT2D eigenvalue weighted by Gasteiger charge is -2.49. The van der Waals surface area contributed by atoms with Crippen LogP contribution in [0.4, 0.5) is 5.13 Å². The number of nitrogens with zero attached hydrogens (tertiary/aromatic N) is 3. The van der Waals surface area contributed by atoms with Gasteiger partial charge in [-0.1, -0.05) is 5.16 Å². The minimum Gasteiger partial charge on any atom is -0.479 e. The Kier molecular flexibility index (Phi) is 6.23. The van der Waals surface area contributed by atoms with Crippen LogP contribution in [-0.4, -0.2) is 79.9 Å². The van der Waals surface area contributed by atoms with E-state index in [9.17, 15) is 24.3 Å². The van der Waals surface area contributed by atoms with Crippen LogP contribution in [0.5, 0.6) is 0 Å². The molecule has 13 nitrogen and oxygen atoms in total. The number of fused-ring (bicyclic) bond motifs is 1. The van der Waals surface area contributed by atoms with Crippen LogP contribution in [0.1, 0.15) is 5.69 Å². The summed E-state index contributed by atoms with van der Waals surface area (Å²) in [5.74, 6) is -3.75. The highest BCUT2D eigenvalue weighted by molar-refractivity contribution is 8.00. The SMILES string of the molecule is NCC1=C(C(=O)O)N2C(=O)C(NC(=O)/C(=N\OCC(=O)O)c3csc(N)n3)[C@H]2SC1. The molecule has 0 aliphatic carbocycles. The number of nitrogen functional groups attached to an aromatic ring is 1. The fraction of sp³-hybridized carbons (Fsp3) is 0.333. The van der Waals surface area contributed by atoms with Crippen LogP contribution >= 0.6 is 23.1 Å².